The van der Waals surface area contributed by atoms with E-state index < -0.39 is 5.79 Å². The highest BCUT2D eigenvalue weighted by Gasteiger charge is 2.33. The van der Waals surface area contributed by atoms with Gasteiger partial charge in [0.25, 0.3) is 0 Å². The van der Waals surface area contributed by atoms with Gasteiger partial charge in [-0.05, 0) is 20.8 Å². The second kappa shape index (κ2) is 7.93. The maximum absolute atomic E-state index is 11.4. The van der Waals surface area contributed by atoms with Crippen molar-refractivity contribution in [2.45, 2.75) is 45.7 Å². The van der Waals surface area contributed by atoms with Crippen LogP contribution in [0.1, 0.15) is 27.7 Å². The molecule has 1 aliphatic heterocycles. The molecule has 0 bridgehead atoms. The molecule has 118 valence electrons. The first kappa shape index (κ1) is 17.4. The topological polar surface area (TPSA) is 57.2 Å². The van der Waals surface area contributed by atoms with Crippen LogP contribution in [0.3, 0.4) is 0 Å². The third-order valence-corrected chi connectivity index (χ3v) is 3.19. The summed E-state index contributed by atoms with van der Waals surface area (Å²) < 4.78 is 22.1. The third kappa shape index (κ3) is 5.75. The molecule has 0 N–H and O–H groups in total. The zero-order valence-electron chi connectivity index (χ0n) is 13.2. The lowest BCUT2D eigenvalue weighted by molar-refractivity contribution is -0.150. The van der Waals surface area contributed by atoms with Crippen molar-refractivity contribution in [1.29, 1.82) is 0 Å². The predicted molar refractivity (Wildman–Crippen MR) is 74.4 cm³/mol. The molecular formula is C14H27NO5. The molecule has 0 spiro atoms. The first-order valence-corrected chi connectivity index (χ1v) is 7.05. The van der Waals surface area contributed by atoms with Crippen LogP contribution in [0.4, 0.5) is 0 Å². The Bertz CT molecular complexity index is 308. The fourth-order valence-electron chi connectivity index (χ4n) is 2.15. The number of carbonyl (C=O) groups is 1. The maximum atomic E-state index is 11.4. The quantitative estimate of drug-likeness (QED) is 0.668. The molecule has 20 heavy (non-hydrogen) atoms. The van der Waals surface area contributed by atoms with Gasteiger partial charge in [-0.2, -0.15) is 0 Å². The fourth-order valence-corrected chi connectivity index (χ4v) is 2.15. The normalized spacial score (nSPS) is 22.8. The van der Waals surface area contributed by atoms with Gasteiger partial charge in [-0.1, -0.05) is 0 Å². The standard InChI is InChI=1S/C14H27NO5/c1-6-15(11(2)16)7-12(8-17-5)18-9-13-10-19-14(3,4)20-13/h12-13H,6-10H2,1-5H3. The molecule has 1 aliphatic rings. The molecule has 6 nitrogen and oxygen atoms in total. The van der Waals surface area contributed by atoms with Gasteiger partial charge in [0, 0.05) is 27.1 Å². The largest absolute Gasteiger partial charge is 0.382 e. The number of likely N-dealkylation sites (N-methyl/N-ethyl adjacent to an activating group) is 1. The van der Waals surface area contributed by atoms with E-state index in [1.807, 2.05) is 20.8 Å². The summed E-state index contributed by atoms with van der Waals surface area (Å²) in [5, 5.41) is 0. The van der Waals surface area contributed by atoms with Crippen LogP contribution in [-0.4, -0.2) is 68.8 Å². The monoisotopic (exact) mass is 289 g/mol. The zero-order valence-corrected chi connectivity index (χ0v) is 13.2. The lowest BCUT2D eigenvalue weighted by atomic mass is 10.3. The van der Waals surface area contributed by atoms with Gasteiger partial charge in [0.05, 0.1) is 25.9 Å². The minimum Gasteiger partial charge on any atom is -0.382 e. The summed E-state index contributed by atoms with van der Waals surface area (Å²) >= 11 is 0. The summed E-state index contributed by atoms with van der Waals surface area (Å²) in [5.41, 5.74) is 0. The number of hydrogen-bond acceptors (Lipinski definition) is 5. The zero-order chi connectivity index (χ0) is 15.2. The Kier molecular flexibility index (Phi) is 6.88. The molecule has 1 heterocycles. The molecule has 0 aromatic carbocycles. The molecular weight excluding hydrogens is 262 g/mol. The number of nitrogens with zero attached hydrogens (tertiary/aromatic N) is 1. The minimum atomic E-state index is -0.542. The summed E-state index contributed by atoms with van der Waals surface area (Å²) in [4.78, 5) is 13.2. The molecule has 6 heteroatoms. The number of methoxy groups -OCH3 is 1. The lowest BCUT2D eigenvalue weighted by Gasteiger charge is -2.26. The minimum absolute atomic E-state index is 0.0405. The first-order chi connectivity index (χ1) is 9.38. The molecule has 0 aliphatic carbocycles. The van der Waals surface area contributed by atoms with Crippen molar-refractivity contribution in [3.8, 4) is 0 Å². The van der Waals surface area contributed by atoms with Crippen molar-refractivity contribution in [2.24, 2.45) is 0 Å². The van der Waals surface area contributed by atoms with Crippen LogP contribution in [0.5, 0.6) is 0 Å². The third-order valence-electron chi connectivity index (χ3n) is 3.19. The number of ether oxygens (including phenoxy) is 4. The summed E-state index contributed by atoms with van der Waals surface area (Å²) in [6.45, 7) is 9.87. The van der Waals surface area contributed by atoms with E-state index in [2.05, 4.69) is 0 Å². The van der Waals surface area contributed by atoms with Crippen molar-refractivity contribution in [3.63, 3.8) is 0 Å². The summed E-state index contributed by atoms with van der Waals surface area (Å²) in [6, 6.07) is 0. The van der Waals surface area contributed by atoms with Crippen LogP contribution < -0.4 is 0 Å². The highest BCUT2D eigenvalue weighted by molar-refractivity contribution is 5.73. The van der Waals surface area contributed by atoms with Crippen molar-refractivity contribution in [1.82, 2.24) is 4.90 Å². The van der Waals surface area contributed by atoms with E-state index in [4.69, 9.17) is 18.9 Å². The Morgan fingerprint density at radius 2 is 2.20 bits per heavy atom. The van der Waals surface area contributed by atoms with Crippen molar-refractivity contribution in [3.05, 3.63) is 0 Å². The van der Waals surface area contributed by atoms with Gasteiger partial charge in [0.2, 0.25) is 5.91 Å². The van der Waals surface area contributed by atoms with Crippen LogP contribution in [0, 0.1) is 0 Å². The average molecular weight is 289 g/mol. The van der Waals surface area contributed by atoms with Crippen LogP contribution in [0.15, 0.2) is 0 Å². The Morgan fingerprint density at radius 1 is 1.50 bits per heavy atom. The highest BCUT2D eigenvalue weighted by atomic mass is 16.7. The number of carbonyl (C=O) groups excluding carboxylic acids is 1. The maximum Gasteiger partial charge on any atom is 0.219 e. The van der Waals surface area contributed by atoms with Crippen molar-refractivity contribution < 1.29 is 23.7 Å². The van der Waals surface area contributed by atoms with E-state index in [0.717, 1.165) is 0 Å². The van der Waals surface area contributed by atoms with Gasteiger partial charge in [0.1, 0.15) is 6.10 Å². The highest BCUT2D eigenvalue weighted by Crippen LogP contribution is 2.22. The molecule has 0 saturated carbocycles. The molecule has 2 unspecified atom stereocenters. The van der Waals surface area contributed by atoms with Gasteiger partial charge in [-0.3, -0.25) is 4.79 Å². The van der Waals surface area contributed by atoms with Crippen LogP contribution in [0.25, 0.3) is 0 Å². The number of rotatable bonds is 8. The predicted octanol–water partition coefficient (Wildman–Crippen LogP) is 1.04. The Labute approximate surface area is 121 Å². The van der Waals surface area contributed by atoms with Crippen LogP contribution >= 0.6 is 0 Å². The molecule has 1 saturated heterocycles. The summed E-state index contributed by atoms with van der Waals surface area (Å²) in [5.74, 6) is -0.502. The molecule has 0 aromatic rings. The van der Waals surface area contributed by atoms with Crippen molar-refractivity contribution >= 4 is 5.91 Å². The van der Waals surface area contributed by atoms with Crippen molar-refractivity contribution in [2.75, 3.05) is 40.0 Å². The molecule has 2 atom stereocenters. The van der Waals surface area contributed by atoms with Gasteiger partial charge >= 0.3 is 0 Å². The molecule has 0 radical (unpaired) electrons. The van der Waals surface area contributed by atoms with Crippen LogP contribution in [-0.2, 0) is 23.7 Å². The Morgan fingerprint density at radius 3 is 2.65 bits per heavy atom. The lowest BCUT2D eigenvalue weighted by Crippen LogP contribution is -2.40. The fraction of sp³-hybridized carbons (Fsp3) is 0.929. The van der Waals surface area contributed by atoms with Crippen LogP contribution in [0.2, 0.25) is 0 Å². The second-order valence-electron chi connectivity index (χ2n) is 5.42. The first-order valence-electron chi connectivity index (χ1n) is 7.05. The molecule has 1 amide bonds. The second-order valence-corrected chi connectivity index (χ2v) is 5.42. The SMILES string of the molecule is CCN(CC(COC)OCC1COC(C)(C)O1)C(C)=O. The summed E-state index contributed by atoms with van der Waals surface area (Å²) in [6.07, 6.45) is -0.229. The van der Waals surface area contributed by atoms with Gasteiger partial charge in [-0.15, -0.1) is 0 Å². The van der Waals surface area contributed by atoms with E-state index in [1.165, 1.54) is 0 Å². The van der Waals surface area contributed by atoms with E-state index in [0.29, 0.717) is 32.9 Å². The average Bonchev–Trinajstić information content (AvgIpc) is 2.72. The Balaban J connectivity index is 2.41. The van der Waals surface area contributed by atoms with E-state index in [-0.39, 0.29) is 18.1 Å². The Hall–Kier alpha value is -0.690. The van der Waals surface area contributed by atoms with Gasteiger partial charge in [-0.25, -0.2) is 0 Å². The van der Waals surface area contributed by atoms with E-state index in [9.17, 15) is 4.79 Å². The molecule has 1 rings (SSSR count). The molecule has 0 aromatic heterocycles. The smallest absolute Gasteiger partial charge is 0.219 e. The summed E-state index contributed by atoms with van der Waals surface area (Å²) in [7, 11) is 1.62. The molecule has 1 fully saturated rings. The van der Waals surface area contributed by atoms with E-state index >= 15 is 0 Å². The van der Waals surface area contributed by atoms with E-state index in [1.54, 1.807) is 18.9 Å². The number of amides is 1. The van der Waals surface area contributed by atoms with Gasteiger partial charge in [0.15, 0.2) is 5.79 Å². The number of hydrogen-bond donors (Lipinski definition) is 0. The van der Waals surface area contributed by atoms with Gasteiger partial charge < -0.3 is 23.8 Å².